The van der Waals surface area contributed by atoms with Crippen molar-refractivity contribution < 1.29 is 9.47 Å². The molecule has 230 valence electrons. The molecule has 3 aromatic rings. The topological polar surface area (TPSA) is 70.5 Å². The van der Waals surface area contributed by atoms with Crippen LogP contribution in [0.4, 0.5) is 11.4 Å². The van der Waals surface area contributed by atoms with Gasteiger partial charge in [0.2, 0.25) is 0 Å². The van der Waals surface area contributed by atoms with Crippen molar-refractivity contribution in [3.63, 3.8) is 0 Å². The first-order valence-electron chi connectivity index (χ1n) is 17.5. The fourth-order valence-electron chi connectivity index (χ4n) is 12.1. The SMILES string of the molecule is Cc1cc(Oc2cc(Oc3ccc(N)c(C)c3)c(C34CC5CC(CC(C5)C3)C4)cc2C23CC4CC(CC(C4)C2)C3)ccc1N. The first-order valence-corrected chi connectivity index (χ1v) is 17.5. The molecule has 4 N–H and O–H groups in total. The summed E-state index contributed by atoms with van der Waals surface area (Å²) in [5, 5.41) is 0. The number of anilines is 2. The second kappa shape index (κ2) is 9.68. The molecule has 3 aromatic carbocycles. The van der Waals surface area contributed by atoms with Gasteiger partial charge in [-0.1, -0.05) is 0 Å². The third kappa shape index (κ3) is 4.37. The molecule has 0 radical (unpaired) electrons. The number of nitrogens with two attached hydrogens (primary N) is 2. The van der Waals surface area contributed by atoms with Gasteiger partial charge in [-0.25, -0.2) is 0 Å². The van der Waals surface area contributed by atoms with Gasteiger partial charge in [-0.15, -0.1) is 0 Å². The lowest BCUT2D eigenvalue weighted by Crippen LogP contribution is -2.50. The van der Waals surface area contributed by atoms with Crippen LogP contribution in [-0.2, 0) is 10.8 Å². The van der Waals surface area contributed by atoms with Crippen LogP contribution in [0.2, 0.25) is 0 Å². The molecule has 8 aliphatic rings. The van der Waals surface area contributed by atoms with Gasteiger partial charge in [-0.3, -0.25) is 0 Å². The highest BCUT2D eigenvalue weighted by atomic mass is 16.5. The van der Waals surface area contributed by atoms with Crippen LogP contribution < -0.4 is 20.9 Å². The molecule has 0 unspecified atom stereocenters. The van der Waals surface area contributed by atoms with Crippen molar-refractivity contribution in [3.05, 3.63) is 70.8 Å². The van der Waals surface area contributed by atoms with E-state index in [9.17, 15) is 0 Å². The van der Waals surface area contributed by atoms with Crippen molar-refractivity contribution in [3.8, 4) is 23.0 Å². The molecule has 0 heterocycles. The molecule has 0 atom stereocenters. The van der Waals surface area contributed by atoms with E-state index in [4.69, 9.17) is 20.9 Å². The normalized spacial score (nSPS) is 36.1. The van der Waals surface area contributed by atoms with E-state index in [-0.39, 0.29) is 10.8 Å². The third-order valence-electron chi connectivity index (χ3n) is 13.2. The lowest BCUT2D eigenvalue weighted by Gasteiger charge is -2.58. The quantitative estimate of drug-likeness (QED) is 0.281. The standard InChI is InChI=1S/C40H48N2O2/c1-23-7-31(3-5-35(23)41)43-37-16-38(44-32-4-6-36(42)24(2)8-32)34(40-20-28-12-29(21-40)14-30(13-28)22-40)15-33(37)39-17-25-9-26(18-39)11-27(10-25)19-39/h3-8,15-16,25-30H,9-14,17-22,41-42H2,1-2H3. The Morgan fingerprint density at radius 3 is 1.16 bits per heavy atom. The van der Waals surface area contributed by atoms with Crippen LogP contribution in [0, 0.1) is 49.4 Å². The highest BCUT2D eigenvalue weighted by Crippen LogP contribution is 2.66. The number of aryl methyl sites for hydroxylation is 2. The van der Waals surface area contributed by atoms with Gasteiger partial charge < -0.3 is 20.9 Å². The molecule has 11 rings (SSSR count). The Balaban J connectivity index is 1.23. The smallest absolute Gasteiger partial charge is 0.134 e. The lowest BCUT2D eigenvalue weighted by atomic mass is 9.46. The second-order valence-electron chi connectivity index (χ2n) is 16.5. The zero-order valence-electron chi connectivity index (χ0n) is 26.5. The van der Waals surface area contributed by atoms with Crippen molar-refractivity contribution in [2.24, 2.45) is 35.5 Å². The largest absolute Gasteiger partial charge is 0.457 e. The van der Waals surface area contributed by atoms with Crippen LogP contribution in [0.1, 0.15) is 99.3 Å². The molecular formula is C40H48N2O2. The summed E-state index contributed by atoms with van der Waals surface area (Å²) in [4.78, 5) is 0. The maximum Gasteiger partial charge on any atom is 0.134 e. The molecule has 0 amide bonds. The van der Waals surface area contributed by atoms with Gasteiger partial charge in [-0.2, -0.15) is 0 Å². The summed E-state index contributed by atoms with van der Waals surface area (Å²) < 4.78 is 13.9. The summed E-state index contributed by atoms with van der Waals surface area (Å²) in [5.41, 5.74) is 19.5. The van der Waals surface area contributed by atoms with Gasteiger partial charge in [0.15, 0.2) is 0 Å². The second-order valence-corrected chi connectivity index (χ2v) is 16.5. The van der Waals surface area contributed by atoms with Crippen molar-refractivity contribution in [2.75, 3.05) is 11.5 Å². The number of benzene rings is 3. The molecule has 8 aliphatic carbocycles. The van der Waals surface area contributed by atoms with E-state index in [0.29, 0.717) is 0 Å². The molecule has 4 nitrogen and oxygen atoms in total. The molecule has 44 heavy (non-hydrogen) atoms. The van der Waals surface area contributed by atoms with E-state index in [2.05, 4.69) is 38.1 Å². The summed E-state index contributed by atoms with van der Waals surface area (Å²) >= 11 is 0. The van der Waals surface area contributed by atoms with Crippen LogP contribution in [0.5, 0.6) is 23.0 Å². The predicted octanol–water partition coefficient (Wildman–Crippen LogP) is 9.99. The van der Waals surface area contributed by atoms with Gasteiger partial charge in [-0.05, 0) is 191 Å². The molecule has 0 aliphatic heterocycles. The Morgan fingerprint density at radius 1 is 0.500 bits per heavy atom. The summed E-state index contributed by atoms with van der Waals surface area (Å²) in [6.45, 7) is 4.13. The van der Waals surface area contributed by atoms with E-state index in [0.717, 1.165) is 81.0 Å². The van der Waals surface area contributed by atoms with Gasteiger partial charge in [0.25, 0.3) is 0 Å². The first kappa shape index (κ1) is 27.2. The number of hydrogen-bond acceptors (Lipinski definition) is 4. The fourth-order valence-corrected chi connectivity index (χ4v) is 12.1. The average molecular weight is 589 g/mol. The monoisotopic (exact) mass is 588 g/mol. The van der Waals surface area contributed by atoms with Crippen LogP contribution in [0.3, 0.4) is 0 Å². The minimum absolute atomic E-state index is 0.209. The van der Waals surface area contributed by atoms with Crippen molar-refractivity contribution in [1.29, 1.82) is 0 Å². The molecule has 8 bridgehead atoms. The van der Waals surface area contributed by atoms with Crippen molar-refractivity contribution in [2.45, 2.75) is 102 Å². The van der Waals surface area contributed by atoms with Gasteiger partial charge in [0.05, 0.1) is 0 Å². The Labute approximate surface area is 262 Å². The summed E-state index contributed by atoms with van der Waals surface area (Å²) in [5.74, 6) is 8.90. The summed E-state index contributed by atoms with van der Waals surface area (Å²) in [6, 6.07) is 17.2. The Bertz CT molecular complexity index is 1450. The predicted molar refractivity (Wildman–Crippen MR) is 177 cm³/mol. The van der Waals surface area contributed by atoms with Crippen LogP contribution in [0.15, 0.2) is 48.5 Å². The molecule has 0 spiro atoms. The van der Waals surface area contributed by atoms with E-state index in [1.165, 1.54) is 88.2 Å². The van der Waals surface area contributed by atoms with Crippen LogP contribution in [0.25, 0.3) is 0 Å². The molecule has 0 aromatic heterocycles. The third-order valence-corrected chi connectivity index (χ3v) is 13.2. The maximum absolute atomic E-state index is 6.97. The van der Waals surface area contributed by atoms with E-state index in [1.807, 2.05) is 24.3 Å². The lowest BCUT2D eigenvalue weighted by molar-refractivity contribution is -0.00937. The van der Waals surface area contributed by atoms with Gasteiger partial charge >= 0.3 is 0 Å². The number of hydrogen-bond donors (Lipinski definition) is 2. The summed E-state index contributed by atoms with van der Waals surface area (Å²) in [7, 11) is 0. The molecule has 4 heteroatoms. The minimum atomic E-state index is 0.209. The zero-order chi connectivity index (χ0) is 29.8. The Kier molecular flexibility index (Phi) is 5.98. The molecular weight excluding hydrogens is 540 g/mol. The first-order chi connectivity index (χ1) is 21.2. The Hall–Kier alpha value is -3.14. The fraction of sp³-hybridized carbons (Fsp3) is 0.550. The van der Waals surface area contributed by atoms with Crippen molar-refractivity contribution >= 4 is 11.4 Å². The highest BCUT2D eigenvalue weighted by molar-refractivity contribution is 5.58. The van der Waals surface area contributed by atoms with E-state index in [1.54, 1.807) is 0 Å². The minimum Gasteiger partial charge on any atom is -0.457 e. The summed E-state index contributed by atoms with van der Waals surface area (Å²) in [6.07, 6.45) is 16.5. The zero-order valence-corrected chi connectivity index (χ0v) is 26.5. The highest BCUT2D eigenvalue weighted by Gasteiger charge is 2.55. The van der Waals surface area contributed by atoms with Crippen LogP contribution in [-0.4, -0.2) is 0 Å². The van der Waals surface area contributed by atoms with Crippen LogP contribution >= 0.6 is 0 Å². The molecule has 8 saturated carbocycles. The molecule has 0 saturated heterocycles. The molecule has 8 fully saturated rings. The number of ether oxygens (including phenoxy) is 2. The average Bonchev–Trinajstić information content (AvgIpc) is 2.95. The maximum atomic E-state index is 6.97. The van der Waals surface area contributed by atoms with E-state index >= 15 is 0 Å². The number of nitrogen functional groups attached to an aromatic ring is 2. The van der Waals surface area contributed by atoms with Crippen molar-refractivity contribution in [1.82, 2.24) is 0 Å². The van der Waals surface area contributed by atoms with E-state index < -0.39 is 0 Å². The Morgan fingerprint density at radius 2 is 0.841 bits per heavy atom. The van der Waals surface area contributed by atoms with Gasteiger partial charge in [0, 0.05) is 28.6 Å². The van der Waals surface area contributed by atoms with Gasteiger partial charge in [0.1, 0.15) is 23.0 Å². The number of rotatable bonds is 6.